The monoisotopic (exact) mass is 323 g/mol. The molecule has 0 aliphatic heterocycles. The predicted octanol–water partition coefficient (Wildman–Crippen LogP) is 3.86. The third-order valence-corrected chi connectivity index (χ3v) is 5.87. The second-order valence-electron chi connectivity index (χ2n) is 4.12. The number of benzene rings is 2. The Kier molecular flexibility index (Phi) is 2.94. The molecule has 90 valence electrons. The second-order valence-corrected chi connectivity index (χ2v) is 6.58. The normalized spacial score (nSPS) is 11.0. The van der Waals surface area contributed by atoms with E-state index in [0.717, 1.165) is 21.3 Å². The average Bonchev–Trinajstić information content (AvgIpc) is 2.68. The standard InChI is InChI=1S/C14H10FNSSe/c1-9-8-10(15)6-7-12(9)16-14(17)11-4-2-3-5-13(11)18-16/h2-8H,1H3. The topological polar surface area (TPSA) is 4.93 Å². The van der Waals surface area contributed by atoms with E-state index in [-0.39, 0.29) is 20.5 Å². The Bertz CT molecular complexity index is 788. The number of rotatable bonds is 1. The van der Waals surface area contributed by atoms with Crippen LogP contribution in [0.4, 0.5) is 4.39 Å². The van der Waals surface area contributed by atoms with Gasteiger partial charge >= 0.3 is 116 Å². The summed E-state index contributed by atoms with van der Waals surface area (Å²) < 4.78 is 17.4. The van der Waals surface area contributed by atoms with Crippen molar-refractivity contribution < 1.29 is 4.39 Å². The van der Waals surface area contributed by atoms with Crippen molar-refractivity contribution in [3.8, 4) is 5.69 Å². The molecule has 0 saturated heterocycles. The van der Waals surface area contributed by atoms with Crippen LogP contribution in [0.5, 0.6) is 0 Å². The van der Waals surface area contributed by atoms with Gasteiger partial charge in [-0.2, -0.15) is 0 Å². The fourth-order valence-electron chi connectivity index (χ4n) is 1.98. The number of halogens is 1. The van der Waals surface area contributed by atoms with Crippen LogP contribution in [-0.4, -0.2) is 18.3 Å². The first-order chi connectivity index (χ1) is 8.66. The molecule has 1 aromatic heterocycles. The van der Waals surface area contributed by atoms with Crippen LogP contribution in [0.2, 0.25) is 0 Å². The maximum absolute atomic E-state index is 13.1. The van der Waals surface area contributed by atoms with Crippen LogP contribution in [0.1, 0.15) is 5.56 Å². The van der Waals surface area contributed by atoms with E-state index in [0.29, 0.717) is 0 Å². The van der Waals surface area contributed by atoms with Gasteiger partial charge in [0, 0.05) is 0 Å². The van der Waals surface area contributed by atoms with Crippen molar-refractivity contribution in [1.82, 2.24) is 3.56 Å². The van der Waals surface area contributed by atoms with Crippen LogP contribution in [0.15, 0.2) is 42.5 Å². The zero-order valence-corrected chi connectivity index (χ0v) is 12.2. The van der Waals surface area contributed by atoms with Crippen LogP contribution < -0.4 is 0 Å². The molecule has 3 rings (SSSR count). The van der Waals surface area contributed by atoms with Crippen LogP contribution in [-0.2, 0) is 0 Å². The summed E-state index contributed by atoms with van der Waals surface area (Å²) in [5.74, 6) is -0.202. The molecule has 0 unspecified atom stereocenters. The SMILES string of the molecule is Cc1cc(F)ccc1-n1[se]c2ccccc2c1=S. The summed E-state index contributed by atoms with van der Waals surface area (Å²) in [7, 11) is 0. The number of fused-ring (bicyclic) bond motifs is 1. The summed E-state index contributed by atoms with van der Waals surface area (Å²) in [5, 5.41) is 1.14. The van der Waals surface area contributed by atoms with Gasteiger partial charge in [0.25, 0.3) is 0 Å². The average molecular weight is 322 g/mol. The van der Waals surface area contributed by atoms with E-state index in [4.69, 9.17) is 12.2 Å². The van der Waals surface area contributed by atoms with E-state index in [2.05, 4.69) is 15.7 Å². The molecule has 1 heterocycles. The molecule has 0 bridgehead atoms. The molecule has 0 aliphatic rings. The van der Waals surface area contributed by atoms with Gasteiger partial charge in [-0.3, -0.25) is 0 Å². The Labute approximate surface area is 115 Å². The van der Waals surface area contributed by atoms with Gasteiger partial charge in [-0.1, -0.05) is 0 Å². The number of hydrogen-bond donors (Lipinski definition) is 0. The molecule has 4 heteroatoms. The third kappa shape index (κ3) is 1.87. The first kappa shape index (κ1) is 11.8. The first-order valence-electron chi connectivity index (χ1n) is 5.54. The molecule has 18 heavy (non-hydrogen) atoms. The summed E-state index contributed by atoms with van der Waals surface area (Å²) in [6, 6.07) is 13.1. The molecule has 0 amide bonds. The van der Waals surface area contributed by atoms with Gasteiger partial charge in [-0.05, 0) is 0 Å². The van der Waals surface area contributed by atoms with E-state index in [9.17, 15) is 4.39 Å². The molecule has 2 aromatic carbocycles. The summed E-state index contributed by atoms with van der Waals surface area (Å²) in [6.45, 7) is 1.92. The van der Waals surface area contributed by atoms with E-state index < -0.39 is 0 Å². The van der Waals surface area contributed by atoms with Crippen LogP contribution in [0.3, 0.4) is 0 Å². The number of aromatic nitrogens is 1. The minimum atomic E-state index is -0.202. The van der Waals surface area contributed by atoms with E-state index in [1.165, 1.54) is 10.3 Å². The van der Waals surface area contributed by atoms with Crippen molar-refractivity contribution in [3.63, 3.8) is 0 Å². The van der Waals surface area contributed by atoms with E-state index >= 15 is 0 Å². The van der Waals surface area contributed by atoms with Crippen LogP contribution in [0.25, 0.3) is 15.3 Å². The zero-order chi connectivity index (χ0) is 12.7. The molecule has 0 fully saturated rings. The van der Waals surface area contributed by atoms with Crippen LogP contribution >= 0.6 is 12.2 Å². The molecule has 0 saturated carbocycles. The van der Waals surface area contributed by atoms with Crippen molar-refractivity contribution in [1.29, 1.82) is 0 Å². The fraction of sp³-hybridized carbons (Fsp3) is 0.0714. The van der Waals surface area contributed by atoms with Crippen molar-refractivity contribution in [2.75, 3.05) is 0 Å². The summed E-state index contributed by atoms with van der Waals surface area (Å²) in [6.07, 6.45) is 0. The molecule has 0 spiro atoms. The van der Waals surface area contributed by atoms with Crippen LogP contribution in [0, 0.1) is 17.4 Å². The Morgan fingerprint density at radius 2 is 1.94 bits per heavy atom. The first-order valence-corrected chi connectivity index (χ1v) is 7.57. The van der Waals surface area contributed by atoms with Crippen molar-refractivity contribution >= 4 is 36.6 Å². The summed E-state index contributed by atoms with van der Waals surface area (Å²) in [5.41, 5.74) is 1.93. The Morgan fingerprint density at radius 3 is 2.67 bits per heavy atom. The predicted molar refractivity (Wildman–Crippen MR) is 75.7 cm³/mol. The van der Waals surface area contributed by atoms with Crippen molar-refractivity contribution in [2.45, 2.75) is 6.92 Å². The summed E-state index contributed by atoms with van der Waals surface area (Å²) in [4.78, 5) is 0. The number of nitrogens with zero attached hydrogens (tertiary/aromatic N) is 1. The molecular formula is C14H10FNSSe. The third-order valence-electron chi connectivity index (χ3n) is 2.87. The van der Waals surface area contributed by atoms with Gasteiger partial charge in [-0.15, -0.1) is 0 Å². The summed E-state index contributed by atoms with van der Waals surface area (Å²) >= 11 is 5.67. The van der Waals surface area contributed by atoms with E-state index in [1.54, 1.807) is 6.07 Å². The Balaban J connectivity index is 2.32. The van der Waals surface area contributed by atoms with Crippen molar-refractivity contribution in [2.24, 2.45) is 0 Å². The molecule has 0 N–H and O–H groups in total. The Morgan fingerprint density at radius 1 is 1.17 bits per heavy atom. The molecule has 0 atom stereocenters. The molecule has 0 radical (unpaired) electrons. The van der Waals surface area contributed by atoms with Gasteiger partial charge < -0.3 is 0 Å². The van der Waals surface area contributed by atoms with Gasteiger partial charge in [0.15, 0.2) is 0 Å². The quantitative estimate of drug-likeness (QED) is 0.486. The van der Waals surface area contributed by atoms with E-state index in [1.807, 2.05) is 25.1 Å². The van der Waals surface area contributed by atoms with Gasteiger partial charge in [-0.25, -0.2) is 0 Å². The van der Waals surface area contributed by atoms with Gasteiger partial charge in [0.1, 0.15) is 0 Å². The number of aryl methyl sites for hydroxylation is 1. The Hall–Kier alpha value is -1.22. The maximum atomic E-state index is 13.1. The van der Waals surface area contributed by atoms with Crippen molar-refractivity contribution in [3.05, 3.63) is 58.5 Å². The molecule has 3 aromatic rings. The van der Waals surface area contributed by atoms with Gasteiger partial charge in [0.2, 0.25) is 0 Å². The fourth-order valence-corrected chi connectivity index (χ4v) is 4.87. The molecule has 1 nitrogen and oxygen atoms in total. The molecule has 0 aliphatic carbocycles. The number of hydrogen-bond acceptors (Lipinski definition) is 1. The second kappa shape index (κ2) is 4.47. The minimum absolute atomic E-state index is 0.149. The van der Waals surface area contributed by atoms with Gasteiger partial charge in [0.05, 0.1) is 0 Å². The molecular weight excluding hydrogens is 312 g/mol. The zero-order valence-electron chi connectivity index (χ0n) is 9.68.